The van der Waals surface area contributed by atoms with Gasteiger partial charge in [-0.1, -0.05) is 57.2 Å². The van der Waals surface area contributed by atoms with Gasteiger partial charge in [-0.3, -0.25) is 0 Å². The first-order chi connectivity index (χ1) is 9.86. The molecule has 2 aromatic rings. The van der Waals surface area contributed by atoms with Crippen LogP contribution in [0, 0.1) is 0 Å². The minimum absolute atomic E-state index is 0.153. The molecule has 0 saturated heterocycles. The zero-order valence-electron chi connectivity index (χ0n) is 12.7. The molecule has 0 unspecified atom stereocenters. The minimum Gasteiger partial charge on any atom is -0.489 e. The van der Waals surface area contributed by atoms with Crippen molar-refractivity contribution in [2.24, 2.45) is 0 Å². The van der Waals surface area contributed by atoms with Crippen molar-refractivity contribution in [2.45, 2.75) is 32.8 Å². The standard InChI is InChI=1S/C17H21BO3/c1-17(2,3)14-6-4-13(5-7-14)12-21-16-10-8-15(9-11-16)18(19)20/h4-11,19-20H,12H2,1-3H3. The maximum absolute atomic E-state index is 9.03. The molecule has 110 valence electrons. The Bertz CT molecular complexity index is 568. The summed E-state index contributed by atoms with van der Waals surface area (Å²) in [5.74, 6) is 0.708. The number of rotatable bonds is 4. The highest BCUT2D eigenvalue weighted by atomic mass is 16.5. The molecule has 0 heterocycles. The van der Waals surface area contributed by atoms with Crippen molar-refractivity contribution in [1.29, 1.82) is 0 Å². The van der Waals surface area contributed by atoms with Crippen molar-refractivity contribution in [3.8, 4) is 5.75 Å². The third-order valence-electron chi connectivity index (χ3n) is 3.40. The molecule has 0 atom stereocenters. The van der Waals surface area contributed by atoms with Crippen molar-refractivity contribution in [1.82, 2.24) is 0 Å². The van der Waals surface area contributed by atoms with Gasteiger partial charge >= 0.3 is 7.12 Å². The van der Waals surface area contributed by atoms with Crippen LogP contribution < -0.4 is 10.2 Å². The Labute approximate surface area is 126 Å². The zero-order valence-corrected chi connectivity index (χ0v) is 12.7. The smallest absolute Gasteiger partial charge is 0.488 e. The summed E-state index contributed by atoms with van der Waals surface area (Å²) >= 11 is 0. The summed E-state index contributed by atoms with van der Waals surface area (Å²) in [4.78, 5) is 0. The highest BCUT2D eigenvalue weighted by molar-refractivity contribution is 6.58. The second-order valence-corrected chi connectivity index (χ2v) is 6.18. The Balaban J connectivity index is 1.96. The molecule has 0 aliphatic heterocycles. The van der Waals surface area contributed by atoms with Crippen LogP contribution in [-0.2, 0) is 12.0 Å². The van der Waals surface area contributed by atoms with Crippen LogP contribution >= 0.6 is 0 Å². The Morgan fingerprint density at radius 3 is 1.95 bits per heavy atom. The molecule has 0 saturated carbocycles. The third-order valence-corrected chi connectivity index (χ3v) is 3.40. The van der Waals surface area contributed by atoms with E-state index in [-0.39, 0.29) is 5.41 Å². The van der Waals surface area contributed by atoms with E-state index in [0.29, 0.717) is 17.8 Å². The topological polar surface area (TPSA) is 49.7 Å². The molecule has 0 aromatic heterocycles. The van der Waals surface area contributed by atoms with E-state index in [0.717, 1.165) is 5.56 Å². The van der Waals surface area contributed by atoms with Crippen LogP contribution in [0.3, 0.4) is 0 Å². The highest BCUT2D eigenvalue weighted by Crippen LogP contribution is 2.22. The van der Waals surface area contributed by atoms with Crippen LogP contribution in [0.15, 0.2) is 48.5 Å². The average Bonchev–Trinajstić information content (AvgIpc) is 2.45. The minimum atomic E-state index is -1.44. The molecule has 0 spiro atoms. The molecule has 0 aliphatic carbocycles. The number of hydrogen-bond donors (Lipinski definition) is 2. The van der Waals surface area contributed by atoms with Gasteiger partial charge in [0.25, 0.3) is 0 Å². The molecule has 4 heteroatoms. The fourth-order valence-corrected chi connectivity index (χ4v) is 2.00. The molecule has 2 rings (SSSR count). The first-order valence-electron chi connectivity index (χ1n) is 7.04. The second kappa shape index (κ2) is 6.33. The third kappa shape index (κ3) is 4.35. The summed E-state index contributed by atoms with van der Waals surface area (Å²) in [5, 5.41) is 18.1. The number of hydrogen-bond acceptors (Lipinski definition) is 3. The fraction of sp³-hybridized carbons (Fsp3) is 0.294. The molecular weight excluding hydrogens is 263 g/mol. The molecule has 2 aromatic carbocycles. The summed E-state index contributed by atoms with van der Waals surface area (Å²) in [6.07, 6.45) is 0. The lowest BCUT2D eigenvalue weighted by Gasteiger charge is -2.19. The predicted molar refractivity (Wildman–Crippen MR) is 85.7 cm³/mol. The van der Waals surface area contributed by atoms with Gasteiger partial charge < -0.3 is 14.8 Å². The molecule has 21 heavy (non-hydrogen) atoms. The quantitative estimate of drug-likeness (QED) is 0.847. The van der Waals surface area contributed by atoms with Crippen molar-refractivity contribution in [2.75, 3.05) is 0 Å². The van der Waals surface area contributed by atoms with Gasteiger partial charge in [0.1, 0.15) is 12.4 Å². The maximum Gasteiger partial charge on any atom is 0.488 e. The first-order valence-corrected chi connectivity index (χ1v) is 7.04. The molecule has 0 bridgehead atoms. The van der Waals surface area contributed by atoms with Crippen LogP contribution in [0.2, 0.25) is 0 Å². The summed E-state index contributed by atoms with van der Waals surface area (Å²) in [5.41, 5.74) is 3.01. The van der Waals surface area contributed by atoms with Gasteiger partial charge in [-0.25, -0.2) is 0 Å². The normalized spacial score (nSPS) is 11.3. The van der Waals surface area contributed by atoms with Gasteiger partial charge in [0.15, 0.2) is 0 Å². The highest BCUT2D eigenvalue weighted by Gasteiger charge is 2.13. The first kappa shape index (κ1) is 15.6. The summed E-state index contributed by atoms with van der Waals surface area (Å²) in [7, 11) is -1.44. The molecule has 3 nitrogen and oxygen atoms in total. The summed E-state index contributed by atoms with van der Waals surface area (Å²) in [6.45, 7) is 7.06. The van der Waals surface area contributed by atoms with Crippen LogP contribution in [-0.4, -0.2) is 17.2 Å². The van der Waals surface area contributed by atoms with Gasteiger partial charge in [0.2, 0.25) is 0 Å². The van der Waals surface area contributed by atoms with Gasteiger partial charge in [0.05, 0.1) is 0 Å². The molecule has 0 radical (unpaired) electrons. The Morgan fingerprint density at radius 2 is 1.48 bits per heavy atom. The lowest BCUT2D eigenvalue weighted by molar-refractivity contribution is 0.306. The summed E-state index contributed by atoms with van der Waals surface area (Å²) in [6, 6.07) is 15.2. The fourth-order valence-electron chi connectivity index (χ4n) is 2.00. The van der Waals surface area contributed by atoms with E-state index >= 15 is 0 Å². The van der Waals surface area contributed by atoms with Crippen molar-refractivity contribution < 1.29 is 14.8 Å². The van der Waals surface area contributed by atoms with Gasteiger partial charge in [0, 0.05) is 0 Å². The van der Waals surface area contributed by atoms with E-state index in [1.807, 2.05) is 0 Å². The maximum atomic E-state index is 9.03. The molecule has 2 N–H and O–H groups in total. The average molecular weight is 284 g/mol. The second-order valence-electron chi connectivity index (χ2n) is 6.18. The Hall–Kier alpha value is -1.78. The number of ether oxygens (including phenoxy) is 1. The lowest BCUT2D eigenvalue weighted by atomic mass is 9.80. The van der Waals surface area contributed by atoms with Gasteiger partial charge in [-0.05, 0) is 34.1 Å². The zero-order chi connectivity index (χ0) is 15.5. The lowest BCUT2D eigenvalue weighted by Crippen LogP contribution is -2.29. The Morgan fingerprint density at radius 1 is 0.905 bits per heavy atom. The molecular formula is C17H21BO3. The van der Waals surface area contributed by atoms with Crippen LogP contribution in [0.25, 0.3) is 0 Å². The van der Waals surface area contributed by atoms with E-state index in [1.165, 1.54) is 5.56 Å². The van der Waals surface area contributed by atoms with Crippen molar-refractivity contribution >= 4 is 12.6 Å². The SMILES string of the molecule is CC(C)(C)c1ccc(COc2ccc(B(O)O)cc2)cc1. The predicted octanol–water partition coefficient (Wildman–Crippen LogP) is 2.24. The molecule has 0 aliphatic rings. The number of benzene rings is 2. The van der Waals surface area contributed by atoms with Crippen LogP contribution in [0.4, 0.5) is 0 Å². The molecule has 0 amide bonds. The van der Waals surface area contributed by atoms with Crippen molar-refractivity contribution in [3.63, 3.8) is 0 Å². The van der Waals surface area contributed by atoms with Gasteiger partial charge in [-0.2, -0.15) is 0 Å². The Kier molecular flexibility index (Phi) is 4.71. The molecule has 0 fully saturated rings. The van der Waals surface area contributed by atoms with Crippen LogP contribution in [0.5, 0.6) is 5.75 Å². The van der Waals surface area contributed by atoms with Crippen LogP contribution in [0.1, 0.15) is 31.9 Å². The largest absolute Gasteiger partial charge is 0.489 e. The monoisotopic (exact) mass is 284 g/mol. The van der Waals surface area contributed by atoms with Gasteiger partial charge in [-0.15, -0.1) is 0 Å². The van der Waals surface area contributed by atoms with Crippen molar-refractivity contribution in [3.05, 3.63) is 59.7 Å². The van der Waals surface area contributed by atoms with E-state index in [9.17, 15) is 0 Å². The van der Waals surface area contributed by atoms with E-state index < -0.39 is 7.12 Å². The van der Waals surface area contributed by atoms with E-state index in [4.69, 9.17) is 14.8 Å². The van der Waals surface area contributed by atoms with E-state index in [2.05, 4.69) is 45.0 Å². The summed E-state index contributed by atoms with van der Waals surface area (Å²) < 4.78 is 5.69. The van der Waals surface area contributed by atoms with E-state index in [1.54, 1.807) is 24.3 Å².